The fourth-order valence-electron chi connectivity index (χ4n) is 4.74. The first kappa shape index (κ1) is 17.3. The fourth-order valence-corrected chi connectivity index (χ4v) is 4.74. The smallest absolute Gasteiger partial charge is 0.135 e. The number of anilines is 1. The van der Waals surface area contributed by atoms with E-state index in [9.17, 15) is 0 Å². The van der Waals surface area contributed by atoms with Gasteiger partial charge in [-0.1, -0.05) is 60.7 Å². The van der Waals surface area contributed by atoms with Crippen LogP contribution in [0.4, 0.5) is 5.69 Å². The van der Waals surface area contributed by atoms with E-state index < -0.39 is 0 Å². The molecule has 1 aromatic heterocycles. The quantitative estimate of drug-likeness (QED) is 0.475. The van der Waals surface area contributed by atoms with E-state index in [2.05, 4.69) is 78.1 Å². The maximum Gasteiger partial charge on any atom is 0.135 e. The summed E-state index contributed by atoms with van der Waals surface area (Å²) in [4.78, 5) is 0. The number of benzene rings is 3. The van der Waals surface area contributed by atoms with Gasteiger partial charge in [-0.2, -0.15) is 0 Å². The van der Waals surface area contributed by atoms with E-state index >= 15 is 0 Å². The first-order valence-corrected chi connectivity index (χ1v) is 10.7. The Bertz CT molecular complexity index is 1400. The maximum absolute atomic E-state index is 6.07. The lowest BCUT2D eigenvalue weighted by Crippen LogP contribution is -2.28. The zero-order valence-corrected chi connectivity index (χ0v) is 16.8. The summed E-state index contributed by atoms with van der Waals surface area (Å²) in [6.07, 6.45) is 11.0. The van der Waals surface area contributed by atoms with E-state index in [-0.39, 0.29) is 0 Å². The lowest BCUT2D eigenvalue weighted by atomic mass is 9.90. The molecule has 0 radical (unpaired) electrons. The molecule has 3 aromatic carbocycles. The molecule has 0 atom stereocenters. The topological polar surface area (TPSA) is 25.2 Å². The Balaban J connectivity index is 1.38. The van der Waals surface area contributed by atoms with Gasteiger partial charge in [0.25, 0.3) is 0 Å². The molecule has 146 valence electrons. The molecule has 4 aromatic rings. The molecule has 6 rings (SSSR count). The van der Waals surface area contributed by atoms with E-state index in [0.29, 0.717) is 0 Å². The van der Waals surface area contributed by atoms with Gasteiger partial charge in [-0.25, -0.2) is 0 Å². The van der Waals surface area contributed by atoms with Crippen LogP contribution in [0.3, 0.4) is 0 Å². The number of rotatable bonds is 3. The van der Waals surface area contributed by atoms with Crippen LogP contribution in [0.15, 0.2) is 77.2 Å². The first-order chi connectivity index (χ1) is 14.9. The lowest BCUT2D eigenvalue weighted by molar-refractivity contribution is 0.571. The Kier molecular flexibility index (Phi) is 4.09. The van der Waals surface area contributed by atoms with E-state index in [1.54, 1.807) is 0 Å². The molecule has 0 saturated heterocycles. The molecule has 0 unspecified atom stereocenters. The third-order valence-corrected chi connectivity index (χ3v) is 6.20. The molecule has 0 saturated carbocycles. The third kappa shape index (κ3) is 2.88. The molecular weight excluding hydrogens is 366 g/mol. The van der Waals surface area contributed by atoms with E-state index in [1.165, 1.54) is 38.6 Å². The number of fused-ring (bicyclic) bond motifs is 4. The van der Waals surface area contributed by atoms with Gasteiger partial charge in [0.15, 0.2) is 0 Å². The molecule has 0 amide bonds. The van der Waals surface area contributed by atoms with Crippen LogP contribution in [-0.4, -0.2) is 0 Å². The van der Waals surface area contributed by atoms with Crippen molar-refractivity contribution < 1.29 is 4.42 Å². The second-order valence-electron chi connectivity index (χ2n) is 8.08. The number of hydrogen-bond donors (Lipinski definition) is 1. The van der Waals surface area contributed by atoms with Gasteiger partial charge >= 0.3 is 0 Å². The maximum atomic E-state index is 6.07. The SMILES string of the molecule is C1=Cc2c(cccc2-c2ccc(NC3=c4c(oc5ccccc45)=CCC3)cc2)CC1. The number of allylic oxidation sites excluding steroid dienone is 1. The van der Waals surface area contributed by atoms with Crippen molar-refractivity contribution in [3.63, 3.8) is 0 Å². The van der Waals surface area contributed by atoms with Gasteiger partial charge in [0, 0.05) is 22.0 Å². The zero-order chi connectivity index (χ0) is 19.9. The molecule has 30 heavy (non-hydrogen) atoms. The highest BCUT2D eigenvalue weighted by Gasteiger charge is 2.13. The van der Waals surface area contributed by atoms with Gasteiger partial charge in [0.05, 0.1) is 0 Å². The fraction of sp³-hybridized carbons (Fsp3) is 0.143. The number of hydrogen-bond acceptors (Lipinski definition) is 2. The molecule has 0 spiro atoms. The zero-order valence-electron chi connectivity index (χ0n) is 16.8. The van der Waals surface area contributed by atoms with Crippen LogP contribution in [0.2, 0.25) is 0 Å². The highest BCUT2D eigenvalue weighted by molar-refractivity contribution is 5.84. The number of aryl methyl sites for hydroxylation is 1. The van der Waals surface area contributed by atoms with Crippen LogP contribution in [-0.2, 0) is 6.42 Å². The van der Waals surface area contributed by atoms with Gasteiger partial charge < -0.3 is 9.73 Å². The van der Waals surface area contributed by atoms with Gasteiger partial charge in [-0.3, -0.25) is 0 Å². The van der Waals surface area contributed by atoms with Crippen LogP contribution < -0.4 is 16.0 Å². The number of furan rings is 1. The van der Waals surface area contributed by atoms with E-state index in [4.69, 9.17) is 4.42 Å². The van der Waals surface area contributed by atoms with Gasteiger partial charge in [-0.05, 0) is 72.2 Å². The van der Waals surface area contributed by atoms with E-state index in [1.807, 2.05) is 12.1 Å². The van der Waals surface area contributed by atoms with Crippen molar-refractivity contribution in [2.45, 2.75) is 25.7 Å². The van der Waals surface area contributed by atoms with Gasteiger partial charge in [0.2, 0.25) is 0 Å². The monoisotopic (exact) mass is 389 g/mol. The van der Waals surface area contributed by atoms with Gasteiger partial charge in [0.1, 0.15) is 11.0 Å². The summed E-state index contributed by atoms with van der Waals surface area (Å²) in [7, 11) is 0. The van der Waals surface area contributed by atoms with Crippen LogP contribution >= 0.6 is 0 Å². The standard InChI is InChI=1S/C28H23NO/c1-2-9-22-19(7-1)8-5-11-23(22)20-15-17-21(18-16-20)29-25-12-6-14-27-28(25)24-10-3-4-13-26(24)30-27/h2-5,8-11,13-18,29H,1,6-7,12H2. The molecule has 0 aliphatic heterocycles. The molecule has 0 bridgehead atoms. The molecule has 2 aliphatic rings. The Labute approximate surface area is 175 Å². The molecule has 2 aliphatic carbocycles. The number of para-hydroxylation sites is 1. The van der Waals surface area contributed by atoms with E-state index in [0.717, 1.165) is 42.4 Å². The van der Waals surface area contributed by atoms with Crippen LogP contribution in [0, 0.1) is 0 Å². The molecule has 2 nitrogen and oxygen atoms in total. The van der Waals surface area contributed by atoms with Crippen LogP contribution in [0.5, 0.6) is 0 Å². The Hall–Kier alpha value is -3.52. The third-order valence-electron chi connectivity index (χ3n) is 6.20. The van der Waals surface area contributed by atoms with Crippen molar-refractivity contribution in [3.05, 3.63) is 94.6 Å². The lowest BCUT2D eigenvalue weighted by Gasteiger charge is -2.16. The second kappa shape index (κ2) is 7.07. The Morgan fingerprint density at radius 3 is 2.63 bits per heavy atom. The summed E-state index contributed by atoms with van der Waals surface area (Å²) >= 11 is 0. The summed E-state index contributed by atoms with van der Waals surface area (Å²) in [6, 6.07) is 23.8. The Morgan fingerprint density at radius 1 is 0.800 bits per heavy atom. The summed E-state index contributed by atoms with van der Waals surface area (Å²) in [6.45, 7) is 0. The minimum atomic E-state index is 0.956. The average molecular weight is 389 g/mol. The van der Waals surface area contributed by atoms with Crippen molar-refractivity contribution in [3.8, 4) is 11.1 Å². The normalized spacial score (nSPS) is 14.9. The highest BCUT2D eigenvalue weighted by atomic mass is 16.3. The Morgan fingerprint density at radius 2 is 1.70 bits per heavy atom. The van der Waals surface area contributed by atoms with Crippen molar-refractivity contribution in [1.29, 1.82) is 0 Å². The highest BCUT2D eigenvalue weighted by Crippen LogP contribution is 2.31. The molecule has 2 heteroatoms. The predicted octanol–water partition coefficient (Wildman–Crippen LogP) is 5.85. The summed E-state index contributed by atoms with van der Waals surface area (Å²) in [5, 5.41) is 6.08. The van der Waals surface area contributed by atoms with Crippen LogP contribution in [0.25, 0.3) is 39.9 Å². The molecule has 1 heterocycles. The van der Waals surface area contributed by atoms with Crippen LogP contribution in [0.1, 0.15) is 30.4 Å². The van der Waals surface area contributed by atoms with Crippen molar-refractivity contribution in [1.82, 2.24) is 0 Å². The summed E-state index contributed by atoms with van der Waals surface area (Å²) < 4.78 is 6.07. The predicted molar refractivity (Wildman–Crippen MR) is 125 cm³/mol. The van der Waals surface area contributed by atoms with Crippen molar-refractivity contribution in [2.24, 2.45) is 0 Å². The first-order valence-electron chi connectivity index (χ1n) is 10.7. The minimum Gasteiger partial charge on any atom is -0.456 e. The van der Waals surface area contributed by atoms with Crippen molar-refractivity contribution in [2.75, 3.05) is 5.32 Å². The van der Waals surface area contributed by atoms with Gasteiger partial charge in [-0.15, -0.1) is 0 Å². The van der Waals surface area contributed by atoms with Crippen molar-refractivity contribution >= 4 is 34.5 Å². The second-order valence-corrected chi connectivity index (χ2v) is 8.08. The molecular formula is C28H23NO. The summed E-state index contributed by atoms with van der Waals surface area (Å²) in [5.74, 6) is 0. The molecule has 0 fully saturated rings. The summed E-state index contributed by atoms with van der Waals surface area (Å²) in [5.41, 5.74) is 9.71. The molecule has 1 N–H and O–H groups in total. The average Bonchev–Trinajstić information content (AvgIpc) is 3.19. The number of nitrogens with one attached hydrogen (secondary N) is 1. The largest absolute Gasteiger partial charge is 0.456 e. The minimum absolute atomic E-state index is 0.956.